The van der Waals surface area contributed by atoms with Crippen LogP contribution in [0.5, 0.6) is 5.75 Å². The predicted octanol–water partition coefficient (Wildman–Crippen LogP) is 3.53. The first-order chi connectivity index (χ1) is 10.6. The summed E-state index contributed by atoms with van der Waals surface area (Å²) in [5.74, 6) is -0.198. The lowest BCUT2D eigenvalue weighted by molar-refractivity contribution is -0.136. The lowest BCUT2D eigenvalue weighted by atomic mass is 10.1. The van der Waals surface area contributed by atoms with E-state index in [9.17, 15) is 31.1 Å². The summed E-state index contributed by atoms with van der Waals surface area (Å²) in [7, 11) is 1.12. The molecule has 1 aromatic carbocycles. The van der Waals surface area contributed by atoms with Crippen molar-refractivity contribution in [2.45, 2.75) is 18.9 Å². The number of H-pyrrole nitrogens is 1. The van der Waals surface area contributed by atoms with E-state index in [2.05, 4.69) is 4.98 Å². The summed E-state index contributed by atoms with van der Waals surface area (Å²) in [6, 6.07) is 2.12. The molecular weight excluding hydrogens is 330 g/mol. The second-order valence-electron chi connectivity index (χ2n) is 4.52. The molecule has 23 heavy (non-hydrogen) atoms. The highest BCUT2D eigenvalue weighted by Gasteiger charge is 2.34. The maximum atomic E-state index is 13.1. The Morgan fingerprint density at radius 1 is 1.17 bits per heavy atom. The van der Waals surface area contributed by atoms with Crippen LogP contribution in [0.1, 0.15) is 5.56 Å². The minimum atomic E-state index is -4.85. The van der Waals surface area contributed by atoms with E-state index in [1.54, 1.807) is 5.32 Å². The Hall–Kier alpha value is -2.39. The molecular formula is C13H10F6N2O2. The number of ether oxygens (including phenoxy) is 1. The molecule has 0 aliphatic rings. The van der Waals surface area contributed by atoms with Gasteiger partial charge in [-0.25, -0.2) is 13.2 Å². The molecule has 1 unspecified atom stereocenters. The van der Waals surface area contributed by atoms with Gasteiger partial charge in [0.25, 0.3) is 6.43 Å². The number of alkyl halides is 6. The van der Waals surface area contributed by atoms with Gasteiger partial charge in [-0.3, -0.25) is 4.79 Å². The van der Waals surface area contributed by atoms with Gasteiger partial charge in [-0.05, 0) is 6.07 Å². The van der Waals surface area contributed by atoms with Gasteiger partial charge in [-0.15, -0.1) is 0 Å². The van der Waals surface area contributed by atoms with Crippen LogP contribution < -0.4 is 15.6 Å². The average molecular weight is 340 g/mol. The van der Waals surface area contributed by atoms with Crippen molar-refractivity contribution >= 4 is 16.6 Å². The summed E-state index contributed by atoms with van der Waals surface area (Å²) < 4.78 is 81.5. The molecule has 0 saturated carbocycles. The van der Waals surface area contributed by atoms with Crippen LogP contribution in [-0.4, -0.2) is 24.8 Å². The standard InChI is InChI=1S/C13H10F6N2O2/c1-23-9-4-7-5(2-8(9)21-12(16)11(14)15)6(13(17,18)19)3-10(22)20-7/h2-4,11-12,21H,1H3,(H,20,22). The lowest BCUT2D eigenvalue weighted by Crippen LogP contribution is -2.22. The van der Waals surface area contributed by atoms with E-state index in [1.807, 2.05) is 0 Å². The summed E-state index contributed by atoms with van der Waals surface area (Å²) in [6.45, 7) is 0. The van der Waals surface area contributed by atoms with Crippen molar-refractivity contribution in [2.24, 2.45) is 0 Å². The number of nitrogens with one attached hydrogen (secondary N) is 2. The number of hydrogen-bond acceptors (Lipinski definition) is 3. The molecule has 0 radical (unpaired) electrons. The van der Waals surface area contributed by atoms with Crippen molar-refractivity contribution in [3.63, 3.8) is 0 Å². The number of aromatic nitrogens is 1. The van der Waals surface area contributed by atoms with Crippen molar-refractivity contribution < 1.29 is 31.1 Å². The number of rotatable bonds is 4. The third-order valence-corrected chi connectivity index (χ3v) is 2.98. The molecule has 2 rings (SSSR count). The molecule has 10 heteroatoms. The fourth-order valence-corrected chi connectivity index (χ4v) is 2.01. The molecule has 0 aliphatic heterocycles. The number of aromatic amines is 1. The fraction of sp³-hybridized carbons (Fsp3) is 0.308. The third-order valence-electron chi connectivity index (χ3n) is 2.98. The van der Waals surface area contributed by atoms with Gasteiger partial charge in [0, 0.05) is 17.5 Å². The Kier molecular flexibility index (Phi) is 4.44. The van der Waals surface area contributed by atoms with Crippen LogP contribution in [0, 0.1) is 0 Å². The molecule has 0 fully saturated rings. The number of fused-ring (bicyclic) bond motifs is 1. The van der Waals surface area contributed by atoms with Gasteiger partial charge in [0.15, 0.2) is 0 Å². The molecule has 1 heterocycles. The van der Waals surface area contributed by atoms with E-state index in [4.69, 9.17) is 4.74 Å². The van der Waals surface area contributed by atoms with Gasteiger partial charge in [0.05, 0.1) is 23.9 Å². The van der Waals surface area contributed by atoms with Gasteiger partial charge in [0.1, 0.15) is 5.75 Å². The maximum absolute atomic E-state index is 13.1. The third kappa shape index (κ3) is 3.51. The summed E-state index contributed by atoms with van der Waals surface area (Å²) in [5, 5.41) is 1.26. The Bertz CT molecular complexity index is 771. The predicted molar refractivity (Wildman–Crippen MR) is 70.6 cm³/mol. The fourth-order valence-electron chi connectivity index (χ4n) is 2.01. The lowest BCUT2D eigenvalue weighted by Gasteiger charge is -2.17. The number of pyridine rings is 1. The van der Waals surface area contributed by atoms with E-state index in [1.165, 1.54) is 0 Å². The molecule has 0 amide bonds. The van der Waals surface area contributed by atoms with Crippen LogP contribution in [0.25, 0.3) is 10.9 Å². The molecule has 2 aromatic rings. The Balaban J connectivity index is 2.69. The van der Waals surface area contributed by atoms with Gasteiger partial charge in [-0.2, -0.15) is 13.2 Å². The first-order valence-electron chi connectivity index (χ1n) is 6.14. The number of hydrogen-bond donors (Lipinski definition) is 2. The Labute approximate surface area is 125 Å². The summed E-state index contributed by atoms with van der Waals surface area (Å²) in [4.78, 5) is 13.5. The number of anilines is 1. The minimum Gasteiger partial charge on any atom is -0.495 e. The van der Waals surface area contributed by atoms with Crippen molar-refractivity contribution in [1.29, 1.82) is 0 Å². The number of halogens is 6. The molecule has 1 atom stereocenters. The molecule has 1 aromatic heterocycles. The highest BCUT2D eigenvalue weighted by Crippen LogP contribution is 2.37. The van der Waals surface area contributed by atoms with Gasteiger partial charge in [-0.1, -0.05) is 0 Å². The topological polar surface area (TPSA) is 54.1 Å². The molecule has 0 aliphatic carbocycles. The van der Waals surface area contributed by atoms with Crippen LogP contribution >= 0.6 is 0 Å². The first kappa shape index (κ1) is 17.0. The summed E-state index contributed by atoms with van der Waals surface area (Å²) in [5.41, 5.74) is -2.89. The molecule has 0 bridgehead atoms. The SMILES string of the molecule is COc1cc2[nH]c(=O)cc(C(F)(F)F)c2cc1NC(F)C(F)F. The van der Waals surface area contributed by atoms with Crippen LogP contribution in [0.15, 0.2) is 23.0 Å². The maximum Gasteiger partial charge on any atom is 0.417 e. The number of benzene rings is 1. The smallest absolute Gasteiger partial charge is 0.417 e. The Morgan fingerprint density at radius 3 is 2.35 bits per heavy atom. The number of methoxy groups -OCH3 is 1. The van der Waals surface area contributed by atoms with Crippen molar-refractivity contribution in [3.05, 3.63) is 34.1 Å². The monoisotopic (exact) mass is 340 g/mol. The van der Waals surface area contributed by atoms with Crippen LogP contribution in [0.2, 0.25) is 0 Å². The zero-order valence-electron chi connectivity index (χ0n) is 11.5. The highest BCUT2D eigenvalue weighted by atomic mass is 19.4. The minimum absolute atomic E-state index is 0.198. The van der Waals surface area contributed by atoms with E-state index in [0.717, 1.165) is 19.2 Å². The zero-order valence-corrected chi connectivity index (χ0v) is 11.5. The van der Waals surface area contributed by atoms with Crippen molar-refractivity contribution in [2.75, 3.05) is 12.4 Å². The van der Waals surface area contributed by atoms with Crippen LogP contribution in [-0.2, 0) is 6.18 Å². The summed E-state index contributed by atoms with van der Waals surface area (Å²) >= 11 is 0. The van der Waals surface area contributed by atoms with Gasteiger partial charge in [0.2, 0.25) is 11.9 Å². The largest absolute Gasteiger partial charge is 0.495 e. The van der Waals surface area contributed by atoms with E-state index in [0.29, 0.717) is 6.07 Å². The van der Waals surface area contributed by atoms with Gasteiger partial charge >= 0.3 is 6.18 Å². The first-order valence-corrected chi connectivity index (χ1v) is 6.14. The second kappa shape index (κ2) is 6.01. The van der Waals surface area contributed by atoms with Crippen LogP contribution in [0.3, 0.4) is 0 Å². The normalized spacial score (nSPS) is 13.4. The molecule has 4 nitrogen and oxygen atoms in total. The van der Waals surface area contributed by atoms with Crippen molar-refractivity contribution in [1.82, 2.24) is 4.98 Å². The highest BCUT2D eigenvalue weighted by molar-refractivity contribution is 5.88. The molecule has 126 valence electrons. The van der Waals surface area contributed by atoms with E-state index in [-0.39, 0.29) is 11.3 Å². The van der Waals surface area contributed by atoms with Crippen LogP contribution in [0.4, 0.5) is 32.0 Å². The zero-order chi connectivity index (χ0) is 17.4. The molecule has 0 spiro atoms. The quantitative estimate of drug-likeness (QED) is 0.661. The van der Waals surface area contributed by atoms with E-state index >= 15 is 0 Å². The van der Waals surface area contributed by atoms with Crippen molar-refractivity contribution in [3.8, 4) is 5.75 Å². The van der Waals surface area contributed by atoms with E-state index < -0.39 is 41.1 Å². The molecule has 2 N–H and O–H groups in total. The average Bonchev–Trinajstić information content (AvgIpc) is 2.44. The Morgan fingerprint density at radius 2 is 1.83 bits per heavy atom. The molecule has 0 saturated heterocycles. The second-order valence-corrected chi connectivity index (χ2v) is 4.52. The van der Waals surface area contributed by atoms with Gasteiger partial charge < -0.3 is 15.0 Å². The summed E-state index contributed by atoms with van der Waals surface area (Å²) in [6.07, 6.45) is -11.0.